The van der Waals surface area contributed by atoms with Gasteiger partial charge in [-0.15, -0.1) is 0 Å². The number of nitrogens with zero attached hydrogens (tertiary/aromatic N) is 4. The Morgan fingerprint density at radius 3 is 2.74 bits per heavy atom. The van der Waals surface area contributed by atoms with Gasteiger partial charge in [0.1, 0.15) is 5.69 Å². The Bertz CT molecular complexity index is 1200. The summed E-state index contributed by atoms with van der Waals surface area (Å²) in [5.74, 6) is 0.960. The molecule has 0 fully saturated rings. The summed E-state index contributed by atoms with van der Waals surface area (Å²) >= 11 is 0.990. The maximum Gasteiger partial charge on any atom is 0.433 e. The van der Waals surface area contributed by atoms with Crippen molar-refractivity contribution in [2.75, 3.05) is 12.5 Å². The molecule has 180 valence electrons. The van der Waals surface area contributed by atoms with Gasteiger partial charge in [-0.3, -0.25) is 9.48 Å². The summed E-state index contributed by atoms with van der Waals surface area (Å²) in [4.78, 5) is 20.1. The lowest BCUT2D eigenvalue weighted by molar-refractivity contribution is -0.141. The molecule has 0 spiro atoms. The number of hydrogen-bond acceptors (Lipinski definition) is 7. The third-order valence-electron chi connectivity index (χ3n) is 5.21. The standard InChI is InChI=1S/C22H22F3N5O3S/c1-3-30-13(2)15(11-27-30)10-26-20(31)6-7-34-21-28-16(9-19(29-21)22(23,24)25)14-4-5-17-18(8-14)33-12-32-17/h4-5,8-9,11H,3,6-7,10,12H2,1-2H3,(H,26,31). The van der Waals surface area contributed by atoms with Crippen LogP contribution in [0.1, 0.15) is 30.3 Å². The largest absolute Gasteiger partial charge is 0.454 e. The number of carbonyl (C=O) groups excluding carboxylic acids is 1. The van der Waals surface area contributed by atoms with Gasteiger partial charge in [0.2, 0.25) is 12.7 Å². The molecule has 1 aliphatic heterocycles. The van der Waals surface area contributed by atoms with E-state index in [-0.39, 0.29) is 35.7 Å². The van der Waals surface area contributed by atoms with Crippen LogP contribution in [0.2, 0.25) is 0 Å². The van der Waals surface area contributed by atoms with Crippen LogP contribution in [0, 0.1) is 6.92 Å². The summed E-state index contributed by atoms with van der Waals surface area (Å²) in [7, 11) is 0. The summed E-state index contributed by atoms with van der Waals surface area (Å²) in [6.45, 7) is 5.04. The van der Waals surface area contributed by atoms with Crippen LogP contribution >= 0.6 is 11.8 Å². The Labute approximate surface area is 197 Å². The fourth-order valence-corrected chi connectivity index (χ4v) is 4.13. The van der Waals surface area contributed by atoms with E-state index in [0.717, 1.165) is 35.6 Å². The van der Waals surface area contributed by atoms with E-state index in [1.807, 2.05) is 18.5 Å². The second kappa shape index (κ2) is 9.92. The second-order valence-corrected chi connectivity index (χ2v) is 8.50. The number of rotatable bonds is 8. The van der Waals surface area contributed by atoms with Crippen molar-refractivity contribution in [1.82, 2.24) is 25.1 Å². The molecule has 3 aromatic rings. The molecule has 2 aromatic heterocycles. The van der Waals surface area contributed by atoms with Crippen molar-refractivity contribution in [3.8, 4) is 22.8 Å². The maximum atomic E-state index is 13.4. The van der Waals surface area contributed by atoms with Crippen molar-refractivity contribution >= 4 is 17.7 Å². The lowest BCUT2D eigenvalue weighted by Crippen LogP contribution is -2.23. The molecule has 1 N–H and O–H groups in total. The molecule has 1 aromatic carbocycles. The van der Waals surface area contributed by atoms with Gasteiger partial charge in [0.05, 0.1) is 11.9 Å². The molecule has 3 heterocycles. The monoisotopic (exact) mass is 493 g/mol. The summed E-state index contributed by atoms with van der Waals surface area (Å²) in [5.41, 5.74) is 1.39. The lowest BCUT2D eigenvalue weighted by atomic mass is 10.1. The Hall–Kier alpha value is -3.28. The molecule has 1 aliphatic rings. The fourth-order valence-electron chi connectivity index (χ4n) is 3.33. The SMILES string of the molecule is CCn1ncc(CNC(=O)CCSc2nc(-c3ccc4c(c3)OCO4)cc(C(F)(F)F)n2)c1C. The number of ether oxygens (including phenoxy) is 2. The number of amides is 1. The van der Waals surface area contributed by atoms with Crippen molar-refractivity contribution in [3.63, 3.8) is 0 Å². The van der Waals surface area contributed by atoms with E-state index in [9.17, 15) is 18.0 Å². The van der Waals surface area contributed by atoms with Crippen LogP contribution in [0.3, 0.4) is 0 Å². The van der Waals surface area contributed by atoms with E-state index in [1.54, 1.807) is 24.4 Å². The molecule has 34 heavy (non-hydrogen) atoms. The van der Waals surface area contributed by atoms with E-state index >= 15 is 0 Å². The van der Waals surface area contributed by atoms with E-state index in [1.165, 1.54) is 0 Å². The quantitative estimate of drug-likeness (QED) is 0.371. The highest BCUT2D eigenvalue weighted by molar-refractivity contribution is 7.99. The lowest BCUT2D eigenvalue weighted by Gasteiger charge is -2.11. The molecule has 0 unspecified atom stereocenters. The van der Waals surface area contributed by atoms with E-state index in [4.69, 9.17) is 9.47 Å². The first-order valence-electron chi connectivity index (χ1n) is 10.5. The van der Waals surface area contributed by atoms with Gasteiger partial charge in [-0.1, -0.05) is 11.8 Å². The zero-order chi connectivity index (χ0) is 24.3. The minimum atomic E-state index is -4.64. The van der Waals surface area contributed by atoms with Gasteiger partial charge in [-0.25, -0.2) is 9.97 Å². The summed E-state index contributed by atoms with van der Waals surface area (Å²) < 4.78 is 52.7. The second-order valence-electron chi connectivity index (χ2n) is 7.43. The number of aromatic nitrogens is 4. The van der Waals surface area contributed by atoms with Crippen LogP contribution in [-0.4, -0.2) is 38.2 Å². The van der Waals surface area contributed by atoms with Crippen molar-refractivity contribution < 1.29 is 27.4 Å². The third kappa shape index (κ3) is 5.44. The minimum Gasteiger partial charge on any atom is -0.454 e. The molecule has 0 aliphatic carbocycles. The highest BCUT2D eigenvalue weighted by Gasteiger charge is 2.34. The Balaban J connectivity index is 1.41. The molecule has 0 radical (unpaired) electrons. The minimum absolute atomic E-state index is 0.0556. The van der Waals surface area contributed by atoms with Gasteiger partial charge < -0.3 is 14.8 Å². The van der Waals surface area contributed by atoms with E-state index < -0.39 is 11.9 Å². The number of carbonyl (C=O) groups is 1. The number of aryl methyl sites for hydroxylation is 1. The van der Waals surface area contributed by atoms with E-state index in [2.05, 4.69) is 20.4 Å². The number of nitrogens with one attached hydrogen (secondary N) is 1. The van der Waals surface area contributed by atoms with Crippen LogP contribution in [0.25, 0.3) is 11.3 Å². The van der Waals surface area contributed by atoms with Gasteiger partial charge in [0, 0.05) is 42.1 Å². The molecule has 0 saturated heterocycles. The Morgan fingerprint density at radius 1 is 1.21 bits per heavy atom. The first-order valence-corrected chi connectivity index (χ1v) is 11.5. The first kappa shape index (κ1) is 23.9. The van der Waals surface area contributed by atoms with Crippen LogP contribution in [0.15, 0.2) is 35.6 Å². The summed E-state index contributed by atoms with van der Waals surface area (Å²) in [6.07, 6.45) is -2.83. The third-order valence-corrected chi connectivity index (χ3v) is 6.05. The Morgan fingerprint density at radius 2 is 2.00 bits per heavy atom. The molecule has 1 amide bonds. The van der Waals surface area contributed by atoms with Gasteiger partial charge in [-0.05, 0) is 38.1 Å². The first-order chi connectivity index (χ1) is 16.2. The van der Waals surface area contributed by atoms with E-state index in [0.29, 0.717) is 23.6 Å². The van der Waals surface area contributed by atoms with Crippen molar-refractivity contribution in [2.45, 2.75) is 44.7 Å². The summed E-state index contributed by atoms with van der Waals surface area (Å²) in [6, 6.07) is 5.71. The predicted molar refractivity (Wildman–Crippen MR) is 118 cm³/mol. The van der Waals surface area contributed by atoms with Gasteiger partial charge in [0.25, 0.3) is 0 Å². The molecular formula is C22H22F3N5O3S. The van der Waals surface area contributed by atoms with Crippen molar-refractivity contribution in [1.29, 1.82) is 0 Å². The predicted octanol–water partition coefficient (Wildman–Crippen LogP) is 4.21. The van der Waals surface area contributed by atoms with Crippen molar-refractivity contribution in [2.24, 2.45) is 0 Å². The van der Waals surface area contributed by atoms with Crippen LogP contribution < -0.4 is 14.8 Å². The number of alkyl halides is 3. The van der Waals surface area contributed by atoms with Crippen LogP contribution in [0.4, 0.5) is 13.2 Å². The number of thioether (sulfide) groups is 1. The maximum absolute atomic E-state index is 13.4. The summed E-state index contributed by atoms with van der Waals surface area (Å²) in [5, 5.41) is 6.98. The zero-order valence-corrected chi connectivity index (χ0v) is 19.3. The average molecular weight is 494 g/mol. The number of fused-ring (bicyclic) bond motifs is 1. The average Bonchev–Trinajstić information content (AvgIpc) is 3.42. The molecule has 0 atom stereocenters. The molecule has 8 nitrogen and oxygen atoms in total. The molecular weight excluding hydrogens is 471 g/mol. The highest BCUT2D eigenvalue weighted by Crippen LogP contribution is 2.37. The van der Waals surface area contributed by atoms with Crippen LogP contribution in [0.5, 0.6) is 11.5 Å². The molecule has 4 rings (SSSR count). The molecule has 12 heteroatoms. The molecule has 0 saturated carbocycles. The van der Waals surface area contributed by atoms with Crippen LogP contribution in [-0.2, 0) is 24.1 Å². The number of benzene rings is 1. The topological polar surface area (TPSA) is 91.2 Å². The van der Waals surface area contributed by atoms with Gasteiger partial charge in [-0.2, -0.15) is 18.3 Å². The molecule has 0 bridgehead atoms. The van der Waals surface area contributed by atoms with Crippen molar-refractivity contribution in [3.05, 3.63) is 47.4 Å². The normalized spacial score (nSPS) is 12.7. The smallest absolute Gasteiger partial charge is 0.433 e. The fraction of sp³-hybridized carbons (Fsp3) is 0.364. The van der Waals surface area contributed by atoms with Gasteiger partial charge >= 0.3 is 6.18 Å². The van der Waals surface area contributed by atoms with Gasteiger partial charge in [0.15, 0.2) is 16.7 Å². The highest BCUT2D eigenvalue weighted by atomic mass is 32.2. The zero-order valence-electron chi connectivity index (χ0n) is 18.5. The number of halogens is 3. The number of hydrogen-bond donors (Lipinski definition) is 1. The Kier molecular flexibility index (Phi) is 6.96.